The Kier molecular flexibility index (Phi) is 6.68. The van der Waals surface area contributed by atoms with Crippen molar-refractivity contribution in [1.29, 1.82) is 0 Å². The molecule has 144 valence electrons. The molecule has 4 nitrogen and oxygen atoms in total. The van der Waals surface area contributed by atoms with Crippen molar-refractivity contribution < 1.29 is 9.53 Å². The van der Waals surface area contributed by atoms with Gasteiger partial charge in [0.05, 0.1) is 18.7 Å². The predicted molar refractivity (Wildman–Crippen MR) is 112 cm³/mol. The van der Waals surface area contributed by atoms with Crippen LogP contribution in [0.1, 0.15) is 42.6 Å². The number of hydrogen-bond acceptors (Lipinski definition) is 2. The summed E-state index contributed by atoms with van der Waals surface area (Å²) in [6.07, 6.45) is 0. The van der Waals surface area contributed by atoms with Gasteiger partial charge >= 0.3 is 6.03 Å². The summed E-state index contributed by atoms with van der Waals surface area (Å²) in [5.74, 6) is 0.806. The molecule has 28 heavy (non-hydrogen) atoms. The fraction of sp³-hybridized carbons (Fsp3) is 0.208. The maximum Gasteiger partial charge on any atom is 0.316 e. The molecule has 2 amide bonds. The zero-order chi connectivity index (χ0) is 19.8. The molecule has 2 N–H and O–H groups in total. The maximum absolute atomic E-state index is 12.7. The molecule has 3 aromatic carbocycles. The van der Waals surface area contributed by atoms with E-state index in [2.05, 4.69) is 10.6 Å². The van der Waals surface area contributed by atoms with Crippen molar-refractivity contribution in [3.63, 3.8) is 0 Å². The zero-order valence-electron chi connectivity index (χ0n) is 16.3. The Morgan fingerprint density at radius 3 is 1.96 bits per heavy atom. The van der Waals surface area contributed by atoms with Crippen LogP contribution < -0.4 is 15.4 Å². The maximum atomic E-state index is 12.7. The molecular formula is C24H26N2O2. The summed E-state index contributed by atoms with van der Waals surface area (Å²) in [5.41, 5.74) is 3.07. The molecule has 0 fully saturated rings. The van der Waals surface area contributed by atoms with E-state index in [0.29, 0.717) is 6.61 Å². The molecular weight excluding hydrogens is 348 g/mol. The van der Waals surface area contributed by atoms with E-state index in [4.69, 9.17) is 4.74 Å². The van der Waals surface area contributed by atoms with Gasteiger partial charge in [0.1, 0.15) is 5.75 Å². The third kappa shape index (κ3) is 5.13. The van der Waals surface area contributed by atoms with Crippen molar-refractivity contribution in [2.75, 3.05) is 6.61 Å². The number of urea groups is 1. The van der Waals surface area contributed by atoms with Crippen LogP contribution in [0.4, 0.5) is 4.79 Å². The quantitative estimate of drug-likeness (QED) is 0.594. The van der Waals surface area contributed by atoms with E-state index in [1.165, 1.54) is 0 Å². The van der Waals surface area contributed by atoms with Crippen molar-refractivity contribution in [2.45, 2.75) is 25.9 Å². The van der Waals surface area contributed by atoms with E-state index in [-0.39, 0.29) is 18.1 Å². The average molecular weight is 374 g/mol. The first-order chi connectivity index (χ1) is 13.7. The number of nitrogens with one attached hydrogen (secondary N) is 2. The highest BCUT2D eigenvalue weighted by molar-refractivity contribution is 5.75. The van der Waals surface area contributed by atoms with Gasteiger partial charge in [-0.25, -0.2) is 4.79 Å². The van der Waals surface area contributed by atoms with Crippen LogP contribution in [-0.2, 0) is 0 Å². The summed E-state index contributed by atoms with van der Waals surface area (Å²) in [5, 5.41) is 6.14. The van der Waals surface area contributed by atoms with Gasteiger partial charge in [-0.15, -0.1) is 0 Å². The number of hydrogen-bond donors (Lipinski definition) is 2. The van der Waals surface area contributed by atoms with Gasteiger partial charge in [0.15, 0.2) is 0 Å². The molecule has 0 aliphatic carbocycles. The number of carbonyl (C=O) groups is 1. The number of amides is 2. The van der Waals surface area contributed by atoms with Gasteiger partial charge in [0.2, 0.25) is 0 Å². The predicted octanol–water partition coefficient (Wildman–Crippen LogP) is 5.24. The summed E-state index contributed by atoms with van der Waals surface area (Å²) in [7, 11) is 0. The summed E-state index contributed by atoms with van der Waals surface area (Å²) in [6, 6.07) is 27.2. The summed E-state index contributed by atoms with van der Waals surface area (Å²) in [6.45, 7) is 4.53. The van der Waals surface area contributed by atoms with E-state index in [0.717, 1.165) is 22.4 Å². The van der Waals surface area contributed by atoms with E-state index < -0.39 is 0 Å². The van der Waals surface area contributed by atoms with Crippen molar-refractivity contribution in [3.05, 3.63) is 102 Å². The van der Waals surface area contributed by atoms with Crippen LogP contribution in [0.5, 0.6) is 5.75 Å². The first-order valence-corrected chi connectivity index (χ1v) is 9.57. The highest BCUT2D eigenvalue weighted by Crippen LogP contribution is 2.22. The Hall–Kier alpha value is -3.27. The van der Waals surface area contributed by atoms with Gasteiger partial charge in [-0.1, -0.05) is 72.8 Å². The lowest BCUT2D eigenvalue weighted by atomic mass is 9.99. The van der Waals surface area contributed by atoms with Crippen LogP contribution in [0.25, 0.3) is 0 Å². The molecule has 3 rings (SSSR count). The lowest BCUT2D eigenvalue weighted by molar-refractivity contribution is 0.235. The minimum Gasteiger partial charge on any atom is -0.494 e. The third-order valence-corrected chi connectivity index (χ3v) is 4.56. The van der Waals surface area contributed by atoms with E-state index >= 15 is 0 Å². The van der Waals surface area contributed by atoms with Crippen molar-refractivity contribution in [3.8, 4) is 5.75 Å². The van der Waals surface area contributed by atoms with Gasteiger partial charge in [-0.3, -0.25) is 0 Å². The van der Waals surface area contributed by atoms with E-state index in [1.54, 1.807) is 0 Å². The fourth-order valence-corrected chi connectivity index (χ4v) is 3.14. The minimum atomic E-state index is -0.218. The van der Waals surface area contributed by atoms with Crippen molar-refractivity contribution in [1.82, 2.24) is 10.6 Å². The van der Waals surface area contributed by atoms with Crippen molar-refractivity contribution in [2.24, 2.45) is 0 Å². The summed E-state index contributed by atoms with van der Waals surface area (Å²) in [4.78, 5) is 12.7. The molecule has 0 aromatic heterocycles. The topological polar surface area (TPSA) is 50.4 Å². The zero-order valence-corrected chi connectivity index (χ0v) is 16.3. The van der Waals surface area contributed by atoms with Crippen LogP contribution in [-0.4, -0.2) is 12.6 Å². The largest absolute Gasteiger partial charge is 0.494 e. The Morgan fingerprint density at radius 2 is 1.39 bits per heavy atom. The first kappa shape index (κ1) is 19.5. The molecule has 1 atom stereocenters. The molecule has 0 saturated heterocycles. The summed E-state index contributed by atoms with van der Waals surface area (Å²) < 4.78 is 5.55. The summed E-state index contributed by atoms with van der Waals surface area (Å²) >= 11 is 0. The Labute approximate surface area is 166 Å². The van der Waals surface area contributed by atoms with Crippen LogP contribution >= 0.6 is 0 Å². The molecule has 0 spiro atoms. The molecule has 1 unspecified atom stereocenters. The third-order valence-electron chi connectivity index (χ3n) is 4.56. The second-order valence-electron chi connectivity index (χ2n) is 6.60. The molecule has 0 radical (unpaired) electrons. The molecule has 3 aromatic rings. The number of ether oxygens (including phenoxy) is 1. The molecule has 0 heterocycles. The number of rotatable bonds is 7. The highest BCUT2D eigenvalue weighted by Gasteiger charge is 2.18. The first-order valence-electron chi connectivity index (χ1n) is 9.57. The highest BCUT2D eigenvalue weighted by atomic mass is 16.5. The molecule has 0 aliphatic heterocycles. The molecule has 4 heteroatoms. The van der Waals surface area contributed by atoms with Crippen LogP contribution in [0, 0.1) is 0 Å². The second-order valence-corrected chi connectivity index (χ2v) is 6.60. The van der Waals surface area contributed by atoms with Crippen molar-refractivity contribution >= 4 is 6.03 Å². The minimum absolute atomic E-state index is 0.146. The standard InChI is InChI=1S/C24H26N2O2/c1-3-28-22-16-10-15-21(17-22)18(2)25-24(27)26-23(19-11-6-4-7-12-19)20-13-8-5-9-14-20/h4-18,23H,3H2,1-2H3,(H2,25,26,27). The molecule has 0 bridgehead atoms. The van der Waals surface area contributed by atoms with Gasteiger partial charge in [-0.2, -0.15) is 0 Å². The van der Waals surface area contributed by atoms with Gasteiger partial charge in [0, 0.05) is 0 Å². The number of carbonyl (C=O) groups excluding carboxylic acids is 1. The van der Waals surface area contributed by atoms with Gasteiger partial charge in [0.25, 0.3) is 0 Å². The monoisotopic (exact) mass is 374 g/mol. The smallest absolute Gasteiger partial charge is 0.316 e. The average Bonchev–Trinajstić information content (AvgIpc) is 2.74. The van der Waals surface area contributed by atoms with Crippen LogP contribution in [0.2, 0.25) is 0 Å². The molecule has 0 aliphatic rings. The number of benzene rings is 3. The Bertz CT molecular complexity index is 842. The van der Waals surface area contributed by atoms with Crippen LogP contribution in [0.15, 0.2) is 84.9 Å². The van der Waals surface area contributed by atoms with Gasteiger partial charge < -0.3 is 15.4 Å². The SMILES string of the molecule is CCOc1cccc(C(C)NC(=O)NC(c2ccccc2)c2ccccc2)c1. The Balaban J connectivity index is 1.73. The normalized spacial score (nSPS) is 11.7. The van der Waals surface area contributed by atoms with E-state index in [9.17, 15) is 4.79 Å². The lowest BCUT2D eigenvalue weighted by Crippen LogP contribution is -2.39. The van der Waals surface area contributed by atoms with Crippen LogP contribution in [0.3, 0.4) is 0 Å². The molecule has 0 saturated carbocycles. The van der Waals surface area contributed by atoms with Gasteiger partial charge in [-0.05, 0) is 42.7 Å². The second kappa shape index (κ2) is 9.60. The lowest BCUT2D eigenvalue weighted by Gasteiger charge is -2.22. The van der Waals surface area contributed by atoms with E-state index in [1.807, 2.05) is 98.8 Å². The fourth-order valence-electron chi connectivity index (χ4n) is 3.14. The Morgan fingerprint density at radius 1 is 0.821 bits per heavy atom.